The number of hydrogen-bond acceptors (Lipinski definition) is 8. The number of H-pyrrole nitrogens is 1. The number of hydrazine groups is 1. The molecule has 10 heteroatoms. The van der Waals surface area contributed by atoms with Crippen LogP contribution in [0.15, 0.2) is 41.2 Å². The molecular weight excluding hydrogens is 390 g/mol. The van der Waals surface area contributed by atoms with Crippen LogP contribution in [0.1, 0.15) is 17.3 Å². The molecule has 3 rings (SSSR count). The summed E-state index contributed by atoms with van der Waals surface area (Å²) in [4.78, 5) is 30.4. The number of aromatic nitrogens is 2. The maximum absolute atomic E-state index is 12.1. The number of aromatic amines is 1. The molecule has 30 heavy (non-hydrogen) atoms. The predicted octanol–water partition coefficient (Wildman–Crippen LogP) is 2.08. The Hall–Kier alpha value is -4.05. The molecule has 0 fully saturated rings. The van der Waals surface area contributed by atoms with Gasteiger partial charge in [-0.05, 0) is 42.3 Å². The number of carbonyl (C=O) groups is 1. The van der Waals surface area contributed by atoms with Crippen molar-refractivity contribution in [2.75, 3.05) is 24.9 Å². The molecule has 2 aromatic carbocycles. The highest BCUT2D eigenvalue weighted by Crippen LogP contribution is 2.34. The average Bonchev–Trinajstić information content (AvgIpc) is 2.75. The lowest BCUT2D eigenvalue weighted by Crippen LogP contribution is -2.20. The van der Waals surface area contributed by atoms with E-state index in [1.165, 1.54) is 13.2 Å². The molecule has 0 spiro atoms. The van der Waals surface area contributed by atoms with E-state index in [1.807, 2.05) is 6.92 Å². The van der Waals surface area contributed by atoms with Gasteiger partial charge < -0.3 is 30.7 Å². The zero-order valence-electron chi connectivity index (χ0n) is 16.4. The molecule has 156 valence electrons. The lowest BCUT2D eigenvalue weighted by molar-refractivity contribution is 0.0693. The normalized spacial score (nSPS) is 10.5. The van der Waals surface area contributed by atoms with Crippen molar-refractivity contribution in [3.63, 3.8) is 0 Å². The SMILES string of the molecule is CCOc1cc(-c2ccc(OC)c(C(=O)O)c2)ccc1-c1nc(NN)c(N)c(=O)[nH]1. The van der Waals surface area contributed by atoms with Crippen molar-refractivity contribution < 1.29 is 19.4 Å². The number of aromatic carboxylic acids is 1. The van der Waals surface area contributed by atoms with E-state index >= 15 is 0 Å². The number of nitrogens with one attached hydrogen (secondary N) is 2. The Morgan fingerprint density at radius 3 is 2.53 bits per heavy atom. The van der Waals surface area contributed by atoms with Gasteiger partial charge in [0.25, 0.3) is 5.56 Å². The van der Waals surface area contributed by atoms with Crippen LogP contribution in [0.4, 0.5) is 11.5 Å². The van der Waals surface area contributed by atoms with Gasteiger partial charge in [0.1, 0.15) is 28.6 Å². The van der Waals surface area contributed by atoms with Gasteiger partial charge in [-0.2, -0.15) is 0 Å². The number of nitrogens with zero attached hydrogens (tertiary/aromatic N) is 1. The summed E-state index contributed by atoms with van der Waals surface area (Å²) in [6.45, 7) is 2.18. The average molecular weight is 411 g/mol. The zero-order chi connectivity index (χ0) is 21.8. The highest BCUT2D eigenvalue weighted by molar-refractivity contribution is 5.93. The van der Waals surface area contributed by atoms with E-state index in [0.717, 1.165) is 0 Å². The van der Waals surface area contributed by atoms with Gasteiger partial charge in [-0.15, -0.1) is 0 Å². The lowest BCUT2D eigenvalue weighted by atomic mass is 10.00. The van der Waals surface area contributed by atoms with Crippen LogP contribution in [0.25, 0.3) is 22.5 Å². The number of benzene rings is 2. The van der Waals surface area contributed by atoms with Gasteiger partial charge in [0.15, 0.2) is 5.82 Å². The van der Waals surface area contributed by atoms with Crippen LogP contribution in [-0.4, -0.2) is 34.8 Å². The molecule has 10 nitrogen and oxygen atoms in total. The number of nitrogens with two attached hydrogens (primary N) is 2. The highest BCUT2D eigenvalue weighted by atomic mass is 16.5. The van der Waals surface area contributed by atoms with Crippen LogP contribution in [-0.2, 0) is 0 Å². The largest absolute Gasteiger partial charge is 0.496 e. The summed E-state index contributed by atoms with van der Waals surface area (Å²) in [5, 5.41) is 9.42. The number of carboxylic acid groups (broad SMARTS) is 1. The smallest absolute Gasteiger partial charge is 0.339 e. The fourth-order valence-corrected chi connectivity index (χ4v) is 2.95. The Kier molecular flexibility index (Phi) is 5.88. The van der Waals surface area contributed by atoms with Gasteiger partial charge in [0.2, 0.25) is 0 Å². The molecule has 0 aliphatic heterocycles. The molecule has 0 amide bonds. The Balaban J connectivity index is 2.13. The van der Waals surface area contributed by atoms with Gasteiger partial charge >= 0.3 is 5.97 Å². The number of rotatable bonds is 7. The van der Waals surface area contributed by atoms with E-state index in [2.05, 4.69) is 15.4 Å². The Bertz CT molecular complexity index is 1160. The van der Waals surface area contributed by atoms with E-state index in [1.54, 1.807) is 30.3 Å². The first-order valence-corrected chi connectivity index (χ1v) is 8.94. The fourth-order valence-electron chi connectivity index (χ4n) is 2.95. The second-order valence-electron chi connectivity index (χ2n) is 6.19. The second-order valence-corrected chi connectivity index (χ2v) is 6.19. The molecule has 0 unspecified atom stereocenters. The van der Waals surface area contributed by atoms with E-state index in [-0.39, 0.29) is 28.6 Å². The summed E-state index contributed by atoms with van der Waals surface area (Å²) in [7, 11) is 1.41. The van der Waals surface area contributed by atoms with Gasteiger partial charge in [0, 0.05) is 0 Å². The van der Waals surface area contributed by atoms with Gasteiger partial charge in [-0.3, -0.25) is 4.79 Å². The van der Waals surface area contributed by atoms with E-state index < -0.39 is 11.5 Å². The monoisotopic (exact) mass is 411 g/mol. The van der Waals surface area contributed by atoms with Crippen molar-refractivity contribution in [3.05, 3.63) is 52.3 Å². The van der Waals surface area contributed by atoms with Gasteiger partial charge in [0.05, 0.1) is 19.3 Å². The summed E-state index contributed by atoms with van der Waals surface area (Å²) in [5.41, 5.74) is 9.21. The maximum Gasteiger partial charge on any atom is 0.339 e. The quantitative estimate of drug-likeness (QED) is 0.289. The van der Waals surface area contributed by atoms with Crippen LogP contribution in [0.5, 0.6) is 11.5 Å². The minimum atomic E-state index is -1.10. The second kappa shape index (κ2) is 8.53. The molecule has 0 saturated carbocycles. The third-order valence-electron chi connectivity index (χ3n) is 4.39. The molecule has 0 radical (unpaired) electrons. The van der Waals surface area contributed by atoms with Crippen molar-refractivity contribution >= 4 is 17.5 Å². The molecule has 0 aliphatic rings. The minimum absolute atomic E-state index is 0.0419. The summed E-state index contributed by atoms with van der Waals surface area (Å²) >= 11 is 0. The molecule has 0 bridgehead atoms. The van der Waals surface area contributed by atoms with Crippen molar-refractivity contribution in [2.45, 2.75) is 6.92 Å². The highest BCUT2D eigenvalue weighted by Gasteiger charge is 2.16. The standard InChI is InChI=1S/C20H21N5O5/c1-3-30-15-9-11(10-5-7-14(29-2)13(8-10)20(27)28)4-6-12(15)17-23-18(25-22)16(21)19(26)24-17/h4-9H,3,21-22H2,1-2H3,(H,27,28)(H2,23,24,25,26). The molecule has 0 saturated heterocycles. The summed E-state index contributed by atoms with van der Waals surface area (Å²) < 4.78 is 10.8. The number of anilines is 2. The molecule has 1 aromatic heterocycles. The van der Waals surface area contributed by atoms with Crippen LogP contribution in [0, 0.1) is 0 Å². The van der Waals surface area contributed by atoms with E-state index in [9.17, 15) is 14.7 Å². The van der Waals surface area contributed by atoms with Crippen molar-refractivity contribution in [3.8, 4) is 34.0 Å². The van der Waals surface area contributed by atoms with Crippen LogP contribution in [0.2, 0.25) is 0 Å². The Morgan fingerprint density at radius 1 is 1.20 bits per heavy atom. The van der Waals surface area contributed by atoms with Crippen molar-refractivity contribution in [1.82, 2.24) is 9.97 Å². The topological polar surface area (TPSA) is 166 Å². The number of nitrogen functional groups attached to an aromatic ring is 2. The first-order chi connectivity index (χ1) is 14.4. The maximum atomic E-state index is 12.1. The number of methoxy groups -OCH3 is 1. The third-order valence-corrected chi connectivity index (χ3v) is 4.39. The molecular formula is C20H21N5O5. The van der Waals surface area contributed by atoms with Crippen LogP contribution >= 0.6 is 0 Å². The van der Waals surface area contributed by atoms with Crippen LogP contribution in [0.3, 0.4) is 0 Å². The molecule has 7 N–H and O–H groups in total. The summed E-state index contributed by atoms with van der Waals surface area (Å²) in [5.74, 6) is 5.26. The van der Waals surface area contributed by atoms with E-state index in [4.69, 9.17) is 21.1 Å². The summed E-state index contributed by atoms with van der Waals surface area (Å²) in [6, 6.07) is 10.1. The molecule has 0 aliphatic carbocycles. The number of carboxylic acids is 1. The number of hydrogen-bond donors (Lipinski definition) is 5. The van der Waals surface area contributed by atoms with Crippen molar-refractivity contribution in [1.29, 1.82) is 0 Å². The predicted molar refractivity (Wildman–Crippen MR) is 113 cm³/mol. The van der Waals surface area contributed by atoms with Crippen molar-refractivity contribution in [2.24, 2.45) is 5.84 Å². The Labute approximate surface area is 171 Å². The third kappa shape index (κ3) is 3.89. The molecule has 1 heterocycles. The Morgan fingerprint density at radius 2 is 1.90 bits per heavy atom. The number of ether oxygens (including phenoxy) is 2. The minimum Gasteiger partial charge on any atom is -0.496 e. The van der Waals surface area contributed by atoms with E-state index in [0.29, 0.717) is 29.0 Å². The molecule has 3 aromatic rings. The van der Waals surface area contributed by atoms with Crippen LogP contribution < -0.4 is 32.0 Å². The zero-order valence-corrected chi connectivity index (χ0v) is 16.4. The first kappa shape index (κ1) is 20.7. The lowest BCUT2D eigenvalue weighted by Gasteiger charge is -2.14. The van der Waals surface area contributed by atoms with Gasteiger partial charge in [-0.1, -0.05) is 12.1 Å². The molecule has 0 atom stereocenters. The van der Waals surface area contributed by atoms with Gasteiger partial charge in [-0.25, -0.2) is 15.6 Å². The summed E-state index contributed by atoms with van der Waals surface area (Å²) in [6.07, 6.45) is 0. The fraction of sp³-hybridized carbons (Fsp3) is 0.150. The first-order valence-electron chi connectivity index (χ1n) is 8.94.